The van der Waals surface area contributed by atoms with Crippen LogP contribution in [0.5, 0.6) is 5.75 Å². The van der Waals surface area contributed by atoms with Crippen LogP contribution < -0.4 is 10.1 Å². The topological polar surface area (TPSA) is 30.5 Å². The molecule has 2 aliphatic rings. The van der Waals surface area contributed by atoms with Gasteiger partial charge in [0, 0.05) is 13.1 Å². The zero-order valence-electron chi connectivity index (χ0n) is 13.4. The first-order chi connectivity index (χ1) is 10.0. The van der Waals surface area contributed by atoms with Gasteiger partial charge in [0.1, 0.15) is 5.75 Å². The summed E-state index contributed by atoms with van der Waals surface area (Å²) in [7, 11) is 1.70. The molecule has 1 saturated heterocycles. The van der Waals surface area contributed by atoms with Crippen LogP contribution in [-0.4, -0.2) is 25.8 Å². The first-order valence-electron chi connectivity index (χ1n) is 8.05. The predicted octanol–water partition coefficient (Wildman–Crippen LogP) is 3.70. The molecule has 3 heteroatoms. The van der Waals surface area contributed by atoms with Gasteiger partial charge in [-0.05, 0) is 48.8 Å². The van der Waals surface area contributed by atoms with Gasteiger partial charge >= 0.3 is 0 Å². The average Bonchev–Trinajstić information content (AvgIpc) is 2.51. The van der Waals surface area contributed by atoms with E-state index in [4.69, 9.17) is 9.47 Å². The Bertz CT molecular complexity index is 470. The van der Waals surface area contributed by atoms with Crippen molar-refractivity contribution >= 4 is 0 Å². The minimum Gasteiger partial charge on any atom is -0.497 e. The summed E-state index contributed by atoms with van der Waals surface area (Å²) < 4.78 is 11.8. The third-order valence-corrected chi connectivity index (χ3v) is 5.17. The molecule has 1 aliphatic carbocycles. The van der Waals surface area contributed by atoms with Crippen molar-refractivity contribution in [2.24, 2.45) is 5.41 Å². The van der Waals surface area contributed by atoms with Crippen LogP contribution in [0.25, 0.3) is 0 Å². The standard InChI is InChI=1S/C18H27NO2/c1-17(2)8-10-18(11-9-17)13-19-12-16(21-18)14-4-6-15(20-3)7-5-14/h4-7,16,19H,8-13H2,1-3H3. The average molecular weight is 289 g/mol. The molecule has 3 nitrogen and oxygen atoms in total. The summed E-state index contributed by atoms with van der Waals surface area (Å²) in [6.45, 7) is 6.64. The second-order valence-electron chi connectivity index (χ2n) is 7.36. The van der Waals surface area contributed by atoms with Gasteiger partial charge in [0.15, 0.2) is 0 Å². The number of methoxy groups -OCH3 is 1. The zero-order valence-corrected chi connectivity index (χ0v) is 13.4. The van der Waals surface area contributed by atoms with Crippen molar-refractivity contribution in [2.75, 3.05) is 20.2 Å². The first-order valence-corrected chi connectivity index (χ1v) is 8.05. The fourth-order valence-corrected chi connectivity index (χ4v) is 3.50. The smallest absolute Gasteiger partial charge is 0.118 e. The summed E-state index contributed by atoms with van der Waals surface area (Å²) in [4.78, 5) is 0. The van der Waals surface area contributed by atoms with Crippen LogP contribution >= 0.6 is 0 Å². The highest BCUT2D eigenvalue weighted by atomic mass is 16.5. The van der Waals surface area contributed by atoms with Crippen molar-refractivity contribution < 1.29 is 9.47 Å². The molecule has 2 fully saturated rings. The number of ether oxygens (including phenoxy) is 2. The fraction of sp³-hybridized carbons (Fsp3) is 0.667. The number of benzene rings is 1. The van der Waals surface area contributed by atoms with Gasteiger partial charge in [0.05, 0.1) is 18.8 Å². The van der Waals surface area contributed by atoms with E-state index >= 15 is 0 Å². The van der Waals surface area contributed by atoms with E-state index in [0.29, 0.717) is 5.41 Å². The quantitative estimate of drug-likeness (QED) is 0.900. The molecular formula is C18H27NO2. The lowest BCUT2D eigenvalue weighted by Gasteiger charge is -2.48. The number of morpholine rings is 1. The van der Waals surface area contributed by atoms with Crippen molar-refractivity contribution in [3.05, 3.63) is 29.8 Å². The van der Waals surface area contributed by atoms with Crippen LogP contribution in [0.3, 0.4) is 0 Å². The van der Waals surface area contributed by atoms with Crippen LogP contribution in [0.15, 0.2) is 24.3 Å². The number of rotatable bonds is 2. The monoisotopic (exact) mass is 289 g/mol. The molecular weight excluding hydrogens is 262 g/mol. The van der Waals surface area contributed by atoms with Crippen molar-refractivity contribution in [1.82, 2.24) is 5.32 Å². The molecule has 1 aromatic rings. The third-order valence-electron chi connectivity index (χ3n) is 5.17. The van der Waals surface area contributed by atoms with Crippen LogP contribution in [0, 0.1) is 5.41 Å². The minimum absolute atomic E-state index is 0.0400. The van der Waals surface area contributed by atoms with Gasteiger partial charge < -0.3 is 14.8 Å². The molecule has 0 radical (unpaired) electrons. The number of hydrogen-bond donors (Lipinski definition) is 1. The van der Waals surface area contributed by atoms with Crippen LogP contribution in [0.1, 0.15) is 51.2 Å². The molecule has 1 aliphatic heterocycles. The molecule has 0 aromatic heterocycles. The van der Waals surface area contributed by atoms with Crippen molar-refractivity contribution in [3.8, 4) is 5.75 Å². The van der Waals surface area contributed by atoms with E-state index < -0.39 is 0 Å². The van der Waals surface area contributed by atoms with Crippen LogP contribution in [-0.2, 0) is 4.74 Å². The molecule has 21 heavy (non-hydrogen) atoms. The van der Waals surface area contributed by atoms with E-state index in [9.17, 15) is 0 Å². The molecule has 0 amide bonds. The molecule has 1 aromatic carbocycles. The highest BCUT2D eigenvalue weighted by Gasteiger charge is 2.42. The second kappa shape index (κ2) is 5.62. The predicted molar refractivity (Wildman–Crippen MR) is 84.7 cm³/mol. The Kier molecular flexibility index (Phi) is 3.98. The van der Waals surface area contributed by atoms with Gasteiger partial charge in [-0.3, -0.25) is 0 Å². The van der Waals surface area contributed by atoms with E-state index in [1.807, 2.05) is 12.1 Å². The summed E-state index contributed by atoms with van der Waals surface area (Å²) in [5, 5.41) is 3.59. The molecule has 1 N–H and O–H groups in total. The van der Waals surface area contributed by atoms with E-state index in [1.165, 1.54) is 31.2 Å². The molecule has 1 atom stereocenters. The summed E-state index contributed by atoms with van der Waals surface area (Å²) in [6, 6.07) is 8.28. The van der Waals surface area contributed by atoms with E-state index in [0.717, 1.165) is 18.8 Å². The molecule has 116 valence electrons. The second-order valence-corrected chi connectivity index (χ2v) is 7.36. The lowest BCUT2D eigenvalue weighted by atomic mass is 9.70. The van der Waals surface area contributed by atoms with Gasteiger partial charge in [-0.2, -0.15) is 0 Å². The van der Waals surface area contributed by atoms with Gasteiger partial charge in [-0.15, -0.1) is 0 Å². The molecule has 0 bridgehead atoms. The number of nitrogens with one attached hydrogen (secondary N) is 1. The highest BCUT2D eigenvalue weighted by molar-refractivity contribution is 5.29. The SMILES string of the molecule is COc1ccc(C2CNCC3(CCC(C)(C)CC3)O2)cc1. The van der Waals surface area contributed by atoms with Crippen molar-refractivity contribution in [3.63, 3.8) is 0 Å². The maximum absolute atomic E-state index is 6.56. The van der Waals surface area contributed by atoms with E-state index in [2.05, 4.69) is 31.3 Å². The first kappa shape index (κ1) is 14.9. The summed E-state index contributed by atoms with van der Waals surface area (Å²) in [6.07, 6.45) is 5.00. The van der Waals surface area contributed by atoms with Crippen LogP contribution in [0.2, 0.25) is 0 Å². The maximum atomic E-state index is 6.56. The molecule has 1 heterocycles. The Morgan fingerprint density at radius 1 is 1.10 bits per heavy atom. The third kappa shape index (κ3) is 3.24. The zero-order chi connectivity index (χ0) is 14.9. The van der Waals surface area contributed by atoms with Gasteiger partial charge in [0.25, 0.3) is 0 Å². The van der Waals surface area contributed by atoms with Gasteiger partial charge in [-0.25, -0.2) is 0 Å². The number of hydrogen-bond acceptors (Lipinski definition) is 3. The van der Waals surface area contributed by atoms with Crippen molar-refractivity contribution in [1.29, 1.82) is 0 Å². The van der Waals surface area contributed by atoms with Gasteiger partial charge in [-0.1, -0.05) is 26.0 Å². The Hall–Kier alpha value is -1.06. The van der Waals surface area contributed by atoms with E-state index in [-0.39, 0.29) is 11.7 Å². The van der Waals surface area contributed by atoms with E-state index in [1.54, 1.807) is 7.11 Å². The molecule has 3 rings (SSSR count). The Morgan fingerprint density at radius 3 is 2.38 bits per heavy atom. The highest BCUT2D eigenvalue weighted by Crippen LogP contribution is 2.44. The Balaban J connectivity index is 1.70. The normalized spacial score (nSPS) is 27.5. The summed E-state index contributed by atoms with van der Waals surface area (Å²) in [5.41, 5.74) is 1.76. The van der Waals surface area contributed by atoms with Crippen molar-refractivity contribution in [2.45, 2.75) is 51.2 Å². The largest absolute Gasteiger partial charge is 0.497 e. The molecule has 1 spiro atoms. The summed E-state index contributed by atoms with van der Waals surface area (Å²) in [5.74, 6) is 0.900. The fourth-order valence-electron chi connectivity index (χ4n) is 3.50. The lowest BCUT2D eigenvalue weighted by Crippen LogP contribution is -2.53. The summed E-state index contributed by atoms with van der Waals surface area (Å²) >= 11 is 0. The van der Waals surface area contributed by atoms with Gasteiger partial charge in [0.2, 0.25) is 0 Å². The minimum atomic E-state index is 0.0400. The Labute approximate surface area is 128 Å². The molecule has 1 unspecified atom stereocenters. The van der Waals surface area contributed by atoms with Crippen LogP contribution in [0.4, 0.5) is 0 Å². The molecule has 1 saturated carbocycles. The lowest BCUT2D eigenvalue weighted by molar-refractivity contribution is -0.147. The maximum Gasteiger partial charge on any atom is 0.118 e. The Morgan fingerprint density at radius 2 is 1.76 bits per heavy atom.